The normalized spacial score (nSPS) is 16.6. The second kappa shape index (κ2) is 9.09. The Hall–Kier alpha value is -2.81. The molecule has 0 unspecified atom stereocenters. The highest BCUT2D eigenvalue weighted by Crippen LogP contribution is 2.32. The number of carbonyl (C=O) groups excluding carboxylic acids is 1. The molecular formula is C26H27N3O3S2. The molecule has 1 saturated heterocycles. The van der Waals surface area contributed by atoms with Gasteiger partial charge in [0.05, 0.1) is 21.2 Å². The fourth-order valence-corrected chi connectivity index (χ4v) is 7.10. The van der Waals surface area contributed by atoms with Crippen molar-refractivity contribution in [1.82, 2.24) is 14.2 Å². The SMILES string of the molecule is C[C@H](c1nc2ccccc2s1)N(C)C(=O)C1CCN(S(=O)(=O)c2ccc3ccccc3c2)CC1. The van der Waals surface area contributed by atoms with Crippen molar-refractivity contribution in [1.29, 1.82) is 0 Å². The van der Waals surface area contributed by atoms with E-state index in [0.29, 0.717) is 30.8 Å². The number of fused-ring (bicyclic) bond motifs is 2. The van der Waals surface area contributed by atoms with Crippen LogP contribution in [0.3, 0.4) is 0 Å². The topological polar surface area (TPSA) is 70.6 Å². The second-order valence-electron chi connectivity index (χ2n) is 8.83. The molecule has 0 N–H and O–H groups in total. The summed E-state index contributed by atoms with van der Waals surface area (Å²) in [5.41, 5.74) is 0.947. The van der Waals surface area contributed by atoms with Gasteiger partial charge in [0.15, 0.2) is 0 Å². The highest BCUT2D eigenvalue weighted by atomic mass is 32.2. The van der Waals surface area contributed by atoms with E-state index in [4.69, 9.17) is 4.98 Å². The van der Waals surface area contributed by atoms with Crippen molar-refractivity contribution < 1.29 is 13.2 Å². The second-order valence-corrected chi connectivity index (χ2v) is 11.8. The maximum absolute atomic E-state index is 13.2. The molecule has 176 valence electrons. The first-order chi connectivity index (χ1) is 16.3. The molecule has 0 spiro atoms. The minimum Gasteiger partial charge on any atom is -0.336 e. The number of piperidine rings is 1. The summed E-state index contributed by atoms with van der Waals surface area (Å²) < 4.78 is 29.1. The zero-order valence-corrected chi connectivity index (χ0v) is 20.8. The van der Waals surface area contributed by atoms with Crippen LogP contribution in [0.25, 0.3) is 21.0 Å². The third kappa shape index (κ3) is 4.21. The number of para-hydroxylation sites is 1. The molecule has 0 saturated carbocycles. The van der Waals surface area contributed by atoms with E-state index < -0.39 is 10.0 Å². The van der Waals surface area contributed by atoms with Crippen LogP contribution >= 0.6 is 11.3 Å². The van der Waals surface area contributed by atoms with E-state index in [9.17, 15) is 13.2 Å². The first kappa shape index (κ1) is 23.0. The molecule has 1 atom stereocenters. The van der Waals surface area contributed by atoms with Crippen molar-refractivity contribution in [2.45, 2.75) is 30.7 Å². The number of hydrogen-bond donors (Lipinski definition) is 0. The first-order valence-electron chi connectivity index (χ1n) is 11.5. The van der Waals surface area contributed by atoms with Crippen molar-refractivity contribution in [3.63, 3.8) is 0 Å². The molecule has 0 aliphatic carbocycles. The first-order valence-corrected chi connectivity index (χ1v) is 13.7. The number of aromatic nitrogens is 1. The lowest BCUT2D eigenvalue weighted by Crippen LogP contribution is -2.43. The Kier molecular flexibility index (Phi) is 6.14. The number of benzene rings is 3. The summed E-state index contributed by atoms with van der Waals surface area (Å²) in [7, 11) is -1.78. The number of thiazole rings is 1. The summed E-state index contributed by atoms with van der Waals surface area (Å²) in [4.78, 5) is 20.0. The van der Waals surface area contributed by atoms with Gasteiger partial charge in [-0.3, -0.25) is 4.79 Å². The van der Waals surface area contributed by atoms with Gasteiger partial charge in [0.25, 0.3) is 0 Å². The molecule has 34 heavy (non-hydrogen) atoms. The lowest BCUT2D eigenvalue weighted by Gasteiger charge is -2.34. The molecule has 1 fully saturated rings. The molecule has 1 amide bonds. The van der Waals surface area contributed by atoms with Crippen molar-refractivity contribution in [3.8, 4) is 0 Å². The van der Waals surface area contributed by atoms with Gasteiger partial charge in [0, 0.05) is 26.1 Å². The van der Waals surface area contributed by atoms with Crippen LogP contribution < -0.4 is 0 Å². The molecule has 5 rings (SSSR count). The van der Waals surface area contributed by atoms with Crippen molar-refractivity contribution >= 4 is 48.3 Å². The van der Waals surface area contributed by atoms with E-state index in [1.165, 1.54) is 4.31 Å². The average Bonchev–Trinajstić information content (AvgIpc) is 3.31. The fourth-order valence-electron chi connectivity index (χ4n) is 4.53. The van der Waals surface area contributed by atoms with E-state index >= 15 is 0 Å². The summed E-state index contributed by atoms with van der Waals surface area (Å²) in [5, 5.41) is 2.82. The Balaban J connectivity index is 1.26. The molecule has 1 aromatic heterocycles. The molecular weight excluding hydrogens is 466 g/mol. The highest BCUT2D eigenvalue weighted by Gasteiger charge is 2.34. The molecule has 1 aliphatic heterocycles. The number of hydrogen-bond acceptors (Lipinski definition) is 5. The predicted molar refractivity (Wildman–Crippen MR) is 136 cm³/mol. The van der Waals surface area contributed by atoms with Crippen molar-refractivity contribution in [2.75, 3.05) is 20.1 Å². The number of carbonyl (C=O) groups is 1. The van der Waals surface area contributed by atoms with E-state index in [1.54, 1.807) is 28.4 Å². The maximum Gasteiger partial charge on any atom is 0.243 e. The summed E-state index contributed by atoms with van der Waals surface area (Å²) >= 11 is 1.61. The number of nitrogens with zero attached hydrogens (tertiary/aromatic N) is 3. The number of rotatable bonds is 5. The average molecular weight is 494 g/mol. The molecule has 4 aromatic rings. The van der Waals surface area contributed by atoms with Gasteiger partial charge < -0.3 is 4.90 Å². The Morgan fingerprint density at radius 3 is 2.44 bits per heavy atom. The predicted octanol–water partition coefficient (Wildman–Crippen LogP) is 5.07. The van der Waals surface area contributed by atoms with Gasteiger partial charge in [-0.2, -0.15) is 4.31 Å². The van der Waals surface area contributed by atoms with Crippen LogP contribution in [0.15, 0.2) is 71.6 Å². The summed E-state index contributed by atoms with van der Waals surface area (Å²) in [6, 6.07) is 20.8. The molecule has 3 aromatic carbocycles. The zero-order valence-electron chi connectivity index (χ0n) is 19.2. The van der Waals surface area contributed by atoms with E-state index in [2.05, 4.69) is 0 Å². The van der Waals surface area contributed by atoms with Crippen molar-refractivity contribution in [3.05, 3.63) is 71.7 Å². The Morgan fingerprint density at radius 1 is 1.03 bits per heavy atom. The fraction of sp³-hybridized carbons (Fsp3) is 0.308. The molecule has 2 heterocycles. The van der Waals surface area contributed by atoms with Gasteiger partial charge in [-0.05, 0) is 54.8 Å². The van der Waals surface area contributed by atoms with Gasteiger partial charge in [-0.15, -0.1) is 11.3 Å². The van der Waals surface area contributed by atoms with E-state index in [0.717, 1.165) is 26.0 Å². The standard InChI is InChI=1S/C26H27N3O3S2/c1-18(25-27-23-9-5-6-10-24(23)33-25)28(2)26(30)20-13-15-29(16-14-20)34(31,32)22-12-11-19-7-3-4-8-21(19)17-22/h3-12,17-18,20H,13-16H2,1-2H3/t18-/m1/s1. The lowest BCUT2D eigenvalue weighted by atomic mass is 9.96. The Labute approximate surface area is 203 Å². The Bertz CT molecular complexity index is 1420. The molecule has 6 nitrogen and oxygen atoms in total. The molecule has 8 heteroatoms. The lowest BCUT2D eigenvalue weighted by molar-refractivity contribution is -0.137. The maximum atomic E-state index is 13.2. The van der Waals surface area contributed by atoms with Gasteiger partial charge in [-0.1, -0.05) is 42.5 Å². The Morgan fingerprint density at radius 2 is 1.71 bits per heavy atom. The quantitative estimate of drug-likeness (QED) is 0.389. The summed E-state index contributed by atoms with van der Waals surface area (Å²) in [6.45, 7) is 2.68. The summed E-state index contributed by atoms with van der Waals surface area (Å²) in [5.74, 6) is -0.139. The minimum absolute atomic E-state index is 0.0505. The van der Waals surface area contributed by atoms with Crippen LogP contribution in [0.5, 0.6) is 0 Å². The third-order valence-electron chi connectivity index (χ3n) is 6.76. The third-order valence-corrected chi connectivity index (χ3v) is 9.86. The van der Waals surface area contributed by atoms with Crippen LogP contribution in [0.4, 0.5) is 0 Å². The van der Waals surface area contributed by atoms with Gasteiger partial charge in [-0.25, -0.2) is 13.4 Å². The summed E-state index contributed by atoms with van der Waals surface area (Å²) in [6.07, 6.45) is 1.03. The number of sulfonamides is 1. The van der Waals surface area contributed by atoms with Crippen LogP contribution in [0.2, 0.25) is 0 Å². The van der Waals surface area contributed by atoms with Crippen molar-refractivity contribution in [2.24, 2.45) is 5.92 Å². The monoisotopic (exact) mass is 493 g/mol. The van der Waals surface area contributed by atoms with Gasteiger partial charge in [0.2, 0.25) is 15.9 Å². The molecule has 0 bridgehead atoms. The van der Waals surface area contributed by atoms with Crippen LogP contribution in [-0.2, 0) is 14.8 Å². The largest absolute Gasteiger partial charge is 0.336 e. The van der Waals surface area contributed by atoms with E-state index in [1.807, 2.05) is 68.6 Å². The highest BCUT2D eigenvalue weighted by molar-refractivity contribution is 7.89. The zero-order chi connectivity index (χ0) is 23.9. The van der Waals surface area contributed by atoms with Gasteiger partial charge in [0.1, 0.15) is 5.01 Å². The number of amides is 1. The minimum atomic E-state index is -3.60. The van der Waals surface area contributed by atoms with Crippen LogP contribution in [-0.4, -0.2) is 48.7 Å². The molecule has 0 radical (unpaired) electrons. The van der Waals surface area contributed by atoms with Crippen LogP contribution in [0, 0.1) is 5.92 Å². The smallest absolute Gasteiger partial charge is 0.243 e. The molecule has 1 aliphatic rings. The van der Waals surface area contributed by atoms with E-state index in [-0.39, 0.29) is 17.9 Å². The van der Waals surface area contributed by atoms with Gasteiger partial charge >= 0.3 is 0 Å². The van der Waals surface area contributed by atoms with Crippen LogP contribution in [0.1, 0.15) is 30.8 Å².